The number of hydrogen-bond donors (Lipinski definition) is 0. The van der Waals surface area contributed by atoms with Crippen LogP contribution in [0.4, 0.5) is 0 Å². The number of fused-ring (bicyclic) bond motifs is 12. The fourth-order valence-electron chi connectivity index (χ4n) is 8.09. The summed E-state index contributed by atoms with van der Waals surface area (Å²) in [6.07, 6.45) is 0. The minimum atomic E-state index is -0.377. The monoisotopic (exact) mass is 800 g/mol. The van der Waals surface area contributed by atoms with Crippen molar-refractivity contribution < 1.29 is 21.2 Å². The Labute approximate surface area is 323 Å². The molecule has 0 bridgehead atoms. The van der Waals surface area contributed by atoms with Gasteiger partial charge in [0.25, 0.3) is 0 Å². The molecule has 0 unspecified atom stereocenters. The standard InChI is InChI=1S/C50H31IN3/c1-30-16-23-38-39-25-26-41-45-37-15-9-8-12-33(37)22-27-44(45)51-47(41)46(39)40-24-21-36(29-43(40)42(38)28-30)50-53-48(34-13-6-3-7-14-34)52-49(54-50)35-19-17-32(18-20-35)31-10-4-2-5-11-31/h2-29H,1H3/q-1. The Kier molecular flexibility index (Phi) is 7.20. The van der Waals surface area contributed by atoms with Crippen molar-refractivity contribution in [3.05, 3.63) is 183 Å². The quantitative estimate of drug-likeness (QED) is 0.132. The summed E-state index contributed by atoms with van der Waals surface area (Å²) >= 11 is -0.377. The molecule has 1 aliphatic heterocycles. The van der Waals surface area contributed by atoms with Crippen LogP contribution < -0.4 is 21.2 Å². The van der Waals surface area contributed by atoms with Gasteiger partial charge in [0.05, 0.1) is 0 Å². The van der Waals surface area contributed by atoms with Gasteiger partial charge in [-0.25, -0.2) is 0 Å². The topological polar surface area (TPSA) is 38.7 Å². The third kappa shape index (κ3) is 5.05. The zero-order valence-electron chi connectivity index (χ0n) is 29.4. The van der Waals surface area contributed by atoms with Crippen LogP contribution in [0.15, 0.2) is 170 Å². The number of hydrogen-bond acceptors (Lipinski definition) is 3. The molecule has 10 aromatic rings. The molecule has 11 rings (SSSR count). The van der Waals surface area contributed by atoms with Gasteiger partial charge in [0.15, 0.2) is 0 Å². The average Bonchev–Trinajstić information content (AvgIpc) is 3.63. The third-order valence-corrected chi connectivity index (χ3v) is 13.8. The Hall–Kier alpha value is -6.24. The van der Waals surface area contributed by atoms with Crippen LogP contribution in [-0.2, 0) is 0 Å². The molecule has 0 saturated carbocycles. The van der Waals surface area contributed by atoms with Crippen molar-refractivity contribution in [2.75, 3.05) is 0 Å². The molecule has 0 spiro atoms. The third-order valence-electron chi connectivity index (χ3n) is 10.7. The number of benzene rings is 9. The van der Waals surface area contributed by atoms with E-state index in [0.29, 0.717) is 17.5 Å². The van der Waals surface area contributed by atoms with E-state index >= 15 is 0 Å². The van der Waals surface area contributed by atoms with E-state index in [-0.39, 0.29) is 21.2 Å². The van der Waals surface area contributed by atoms with Crippen LogP contribution in [0.2, 0.25) is 0 Å². The second kappa shape index (κ2) is 12.4. The van der Waals surface area contributed by atoms with Crippen molar-refractivity contribution >= 4 is 43.1 Å². The van der Waals surface area contributed by atoms with E-state index in [1.54, 1.807) is 0 Å². The molecular weight excluding hydrogens is 769 g/mol. The van der Waals surface area contributed by atoms with Crippen molar-refractivity contribution in [3.63, 3.8) is 0 Å². The van der Waals surface area contributed by atoms with Crippen molar-refractivity contribution in [3.8, 4) is 56.4 Å². The summed E-state index contributed by atoms with van der Waals surface area (Å²) in [6, 6.07) is 61.2. The Morgan fingerprint density at radius 2 is 0.944 bits per heavy atom. The first-order valence-electron chi connectivity index (χ1n) is 18.2. The molecule has 2 heterocycles. The molecule has 4 heteroatoms. The van der Waals surface area contributed by atoms with E-state index in [0.717, 1.165) is 22.3 Å². The predicted octanol–water partition coefficient (Wildman–Crippen LogP) is 9.57. The molecular formula is C50H31IN3-. The maximum absolute atomic E-state index is 5.17. The van der Waals surface area contributed by atoms with Gasteiger partial charge in [-0.2, -0.15) is 0 Å². The Bertz CT molecular complexity index is 3120. The Morgan fingerprint density at radius 3 is 1.72 bits per heavy atom. The molecule has 9 aromatic carbocycles. The van der Waals surface area contributed by atoms with Gasteiger partial charge in [0, 0.05) is 0 Å². The van der Waals surface area contributed by atoms with Gasteiger partial charge >= 0.3 is 278 Å². The van der Waals surface area contributed by atoms with E-state index in [9.17, 15) is 0 Å². The van der Waals surface area contributed by atoms with E-state index in [1.165, 1.54) is 72.5 Å². The molecule has 3 nitrogen and oxygen atoms in total. The summed E-state index contributed by atoms with van der Waals surface area (Å²) in [5.74, 6) is 1.98. The molecule has 1 aliphatic rings. The Morgan fingerprint density at radius 1 is 0.389 bits per heavy atom. The van der Waals surface area contributed by atoms with Crippen molar-refractivity contribution in [1.82, 2.24) is 15.0 Å². The molecule has 0 N–H and O–H groups in total. The van der Waals surface area contributed by atoms with Gasteiger partial charge in [-0.05, 0) is 11.1 Å². The summed E-state index contributed by atoms with van der Waals surface area (Å²) in [5, 5.41) is 10.4. The van der Waals surface area contributed by atoms with Crippen LogP contribution in [0.25, 0.3) is 99.5 Å². The molecule has 0 atom stereocenters. The SMILES string of the molecule is Cc1ccc2c(c1)c1cc(-c3nc(-c4ccccc4)nc(-c4ccc(-c5ccccc5)cc4)n3)ccc1c1c3c(ccc21)-c1c(ccc2ccccc12)[I-]3. The normalized spacial score (nSPS) is 12.2. The molecule has 0 amide bonds. The van der Waals surface area contributed by atoms with Crippen LogP contribution in [-0.4, -0.2) is 15.0 Å². The molecule has 0 fully saturated rings. The van der Waals surface area contributed by atoms with Crippen LogP contribution in [0, 0.1) is 14.1 Å². The van der Waals surface area contributed by atoms with Gasteiger partial charge in [0.1, 0.15) is 0 Å². The van der Waals surface area contributed by atoms with Gasteiger partial charge < -0.3 is 0 Å². The second-order valence-corrected chi connectivity index (χ2v) is 16.8. The van der Waals surface area contributed by atoms with Gasteiger partial charge in [-0.3, -0.25) is 0 Å². The molecule has 0 aliphatic carbocycles. The summed E-state index contributed by atoms with van der Waals surface area (Å²) in [5.41, 5.74) is 9.29. The fourth-order valence-corrected chi connectivity index (χ4v) is 11.5. The van der Waals surface area contributed by atoms with Crippen molar-refractivity contribution in [2.45, 2.75) is 6.92 Å². The zero-order chi connectivity index (χ0) is 35.8. The number of nitrogens with zero attached hydrogens (tertiary/aromatic N) is 3. The number of aromatic nitrogens is 3. The minimum absolute atomic E-state index is 0.377. The predicted molar refractivity (Wildman–Crippen MR) is 219 cm³/mol. The van der Waals surface area contributed by atoms with E-state index in [2.05, 4.69) is 153 Å². The first-order chi connectivity index (χ1) is 26.7. The van der Waals surface area contributed by atoms with Crippen molar-refractivity contribution in [1.29, 1.82) is 0 Å². The molecule has 254 valence electrons. The van der Waals surface area contributed by atoms with Gasteiger partial charge in [-0.1, -0.05) is 36.4 Å². The molecule has 54 heavy (non-hydrogen) atoms. The summed E-state index contributed by atoms with van der Waals surface area (Å²) in [4.78, 5) is 15.3. The van der Waals surface area contributed by atoms with Gasteiger partial charge in [0.2, 0.25) is 0 Å². The average molecular weight is 801 g/mol. The van der Waals surface area contributed by atoms with E-state index < -0.39 is 0 Å². The van der Waals surface area contributed by atoms with Crippen LogP contribution >= 0.6 is 0 Å². The summed E-state index contributed by atoms with van der Waals surface area (Å²) < 4.78 is 3.03. The second-order valence-electron chi connectivity index (χ2n) is 14.0. The first kappa shape index (κ1) is 31.3. The van der Waals surface area contributed by atoms with Gasteiger partial charge in [-0.15, -0.1) is 0 Å². The van der Waals surface area contributed by atoms with Crippen LogP contribution in [0.5, 0.6) is 0 Å². The number of halogens is 1. The molecule has 1 aromatic heterocycles. The van der Waals surface area contributed by atoms with Crippen LogP contribution in [0.3, 0.4) is 0 Å². The van der Waals surface area contributed by atoms with Crippen LogP contribution in [0.1, 0.15) is 5.56 Å². The van der Waals surface area contributed by atoms with E-state index in [4.69, 9.17) is 15.0 Å². The van der Waals surface area contributed by atoms with E-state index in [1.807, 2.05) is 24.3 Å². The zero-order valence-corrected chi connectivity index (χ0v) is 31.5. The molecule has 0 radical (unpaired) electrons. The Balaban J connectivity index is 1.13. The maximum atomic E-state index is 5.17. The fraction of sp³-hybridized carbons (Fsp3) is 0.0200. The number of aryl methyl sites for hydroxylation is 1. The van der Waals surface area contributed by atoms with Crippen molar-refractivity contribution in [2.24, 2.45) is 0 Å². The molecule has 0 saturated heterocycles. The first-order valence-corrected chi connectivity index (χ1v) is 20.4. The summed E-state index contributed by atoms with van der Waals surface area (Å²) in [7, 11) is 0. The number of rotatable bonds is 4. The summed E-state index contributed by atoms with van der Waals surface area (Å²) in [6.45, 7) is 2.18.